The van der Waals surface area contributed by atoms with Crippen molar-refractivity contribution in [3.8, 4) is 5.75 Å². The van der Waals surface area contributed by atoms with Crippen molar-refractivity contribution < 1.29 is 17.9 Å². The first-order valence-electron chi connectivity index (χ1n) is 6.29. The van der Waals surface area contributed by atoms with Gasteiger partial charge in [0.15, 0.2) is 0 Å². The summed E-state index contributed by atoms with van der Waals surface area (Å²) in [5, 5.41) is 7.83. The molecule has 0 atom stereocenters. The molecule has 0 fully saturated rings. The Balaban J connectivity index is 2.92. The molecule has 0 saturated heterocycles. The number of rotatable bonds is 6. The third-order valence-corrected chi connectivity index (χ3v) is 3.56. The van der Waals surface area contributed by atoms with E-state index in [9.17, 15) is 13.2 Å². The van der Waals surface area contributed by atoms with Gasteiger partial charge < -0.3 is 10.1 Å². The lowest BCUT2D eigenvalue weighted by atomic mass is 10.1. The third kappa shape index (κ3) is 4.50. The van der Waals surface area contributed by atoms with Crippen molar-refractivity contribution in [3.63, 3.8) is 0 Å². The minimum Gasteiger partial charge on any atom is -0.491 e. The van der Waals surface area contributed by atoms with E-state index in [1.54, 1.807) is 19.9 Å². The van der Waals surface area contributed by atoms with E-state index in [1.165, 1.54) is 6.07 Å². The maximum atomic E-state index is 11.6. The van der Waals surface area contributed by atoms with Gasteiger partial charge in [0.25, 0.3) is 0 Å². The fraction of sp³-hybridized carbons (Fsp3) is 0.462. The largest absolute Gasteiger partial charge is 0.491 e. The molecule has 0 aliphatic carbocycles. The number of primary sulfonamides is 1. The van der Waals surface area contributed by atoms with Gasteiger partial charge >= 0.3 is 0 Å². The van der Waals surface area contributed by atoms with Crippen LogP contribution in [0, 0.1) is 13.8 Å². The number of carbonyl (C=O) groups is 1. The summed E-state index contributed by atoms with van der Waals surface area (Å²) in [5.74, 6) is 0.0665. The summed E-state index contributed by atoms with van der Waals surface area (Å²) >= 11 is 0. The molecule has 0 radical (unpaired) electrons. The molecule has 0 aromatic heterocycles. The summed E-state index contributed by atoms with van der Waals surface area (Å²) in [6.45, 7) is 5.98. The molecular formula is C13H20N2O4S. The smallest absolute Gasteiger partial charge is 0.241 e. The molecule has 0 saturated carbocycles. The maximum Gasteiger partial charge on any atom is 0.241 e. The molecule has 1 aromatic carbocycles. The average Bonchev–Trinajstić information content (AvgIpc) is 2.30. The monoisotopic (exact) mass is 300 g/mol. The second kappa shape index (κ2) is 6.71. The Morgan fingerprint density at radius 2 is 2.00 bits per heavy atom. The number of nitrogens with two attached hydrogens (primary N) is 1. The van der Waals surface area contributed by atoms with Crippen molar-refractivity contribution in [3.05, 3.63) is 23.3 Å². The van der Waals surface area contributed by atoms with E-state index in [1.807, 2.05) is 6.92 Å². The van der Waals surface area contributed by atoms with Gasteiger partial charge in [0.05, 0.1) is 13.0 Å². The number of sulfonamides is 1. The van der Waals surface area contributed by atoms with Gasteiger partial charge in [0.1, 0.15) is 10.6 Å². The zero-order chi connectivity index (χ0) is 15.3. The van der Waals surface area contributed by atoms with Crippen LogP contribution in [-0.2, 0) is 14.8 Å². The van der Waals surface area contributed by atoms with Crippen LogP contribution in [0.5, 0.6) is 5.75 Å². The fourth-order valence-electron chi connectivity index (χ4n) is 1.84. The Labute approximate surface area is 119 Å². The molecule has 0 spiro atoms. The number of hydrogen-bond acceptors (Lipinski definition) is 4. The zero-order valence-corrected chi connectivity index (χ0v) is 12.7. The molecule has 0 aliphatic heterocycles. The van der Waals surface area contributed by atoms with Crippen LogP contribution >= 0.6 is 0 Å². The summed E-state index contributed by atoms with van der Waals surface area (Å²) < 4.78 is 28.6. The van der Waals surface area contributed by atoms with Crippen LogP contribution in [0.2, 0.25) is 0 Å². The molecule has 6 nitrogen and oxygen atoms in total. The molecule has 1 aromatic rings. The highest BCUT2D eigenvalue weighted by Crippen LogP contribution is 2.28. The summed E-state index contributed by atoms with van der Waals surface area (Å²) in [7, 11) is -3.86. The standard InChI is InChI=1S/C13H20N2O4S/c1-4-15-12(16)5-6-19-13-10(3)7-9(2)8-11(13)20(14,17)18/h7-8H,4-6H2,1-3H3,(H,15,16)(H2,14,17,18). The normalized spacial score (nSPS) is 11.2. The molecule has 0 aliphatic rings. The summed E-state index contributed by atoms with van der Waals surface area (Å²) in [5.41, 5.74) is 1.45. The van der Waals surface area contributed by atoms with E-state index >= 15 is 0 Å². The van der Waals surface area contributed by atoms with Crippen LogP contribution in [0.3, 0.4) is 0 Å². The van der Waals surface area contributed by atoms with Crippen molar-refractivity contribution >= 4 is 15.9 Å². The van der Waals surface area contributed by atoms with Gasteiger partial charge in [-0.1, -0.05) is 6.07 Å². The first kappa shape index (κ1) is 16.5. The van der Waals surface area contributed by atoms with Crippen molar-refractivity contribution in [1.29, 1.82) is 0 Å². The lowest BCUT2D eigenvalue weighted by Crippen LogP contribution is -2.24. The molecule has 0 heterocycles. The lowest BCUT2D eigenvalue weighted by Gasteiger charge is -2.14. The van der Waals surface area contributed by atoms with Gasteiger partial charge in [-0.3, -0.25) is 4.79 Å². The lowest BCUT2D eigenvalue weighted by molar-refractivity contribution is -0.121. The highest BCUT2D eigenvalue weighted by Gasteiger charge is 2.18. The Hall–Kier alpha value is -1.60. The number of benzene rings is 1. The molecule has 7 heteroatoms. The molecule has 112 valence electrons. The first-order chi connectivity index (χ1) is 9.25. The van der Waals surface area contributed by atoms with E-state index in [-0.39, 0.29) is 29.6 Å². The Morgan fingerprint density at radius 3 is 2.55 bits per heavy atom. The van der Waals surface area contributed by atoms with Crippen LogP contribution in [0.15, 0.2) is 17.0 Å². The number of nitrogens with one attached hydrogen (secondary N) is 1. The number of amides is 1. The van der Waals surface area contributed by atoms with Gasteiger partial charge in [-0.05, 0) is 38.0 Å². The van der Waals surface area contributed by atoms with E-state index < -0.39 is 10.0 Å². The minimum atomic E-state index is -3.86. The first-order valence-corrected chi connectivity index (χ1v) is 7.84. The third-order valence-electron chi connectivity index (χ3n) is 2.64. The number of carbonyl (C=O) groups excluding carboxylic acids is 1. The van der Waals surface area contributed by atoms with Crippen LogP contribution in [-0.4, -0.2) is 27.5 Å². The van der Waals surface area contributed by atoms with Crippen LogP contribution < -0.4 is 15.2 Å². The second-order valence-corrected chi connectivity index (χ2v) is 6.04. The fourth-order valence-corrected chi connectivity index (χ4v) is 2.67. The number of aryl methyl sites for hydroxylation is 2. The Kier molecular flexibility index (Phi) is 5.52. The second-order valence-electron chi connectivity index (χ2n) is 4.51. The molecule has 1 amide bonds. The van der Waals surface area contributed by atoms with E-state index in [0.717, 1.165) is 5.56 Å². The molecule has 1 rings (SSSR count). The highest BCUT2D eigenvalue weighted by molar-refractivity contribution is 7.89. The molecule has 0 bridgehead atoms. The SMILES string of the molecule is CCNC(=O)CCOc1c(C)cc(C)cc1S(N)(=O)=O. The predicted molar refractivity (Wildman–Crippen MR) is 76.1 cm³/mol. The van der Waals surface area contributed by atoms with Crippen molar-refractivity contribution in [2.75, 3.05) is 13.2 Å². The summed E-state index contributed by atoms with van der Waals surface area (Å²) in [6.07, 6.45) is 0.158. The minimum absolute atomic E-state index is 0.0501. The molecule has 20 heavy (non-hydrogen) atoms. The number of ether oxygens (including phenoxy) is 1. The maximum absolute atomic E-state index is 11.6. The van der Waals surface area contributed by atoms with Crippen LogP contribution in [0.1, 0.15) is 24.5 Å². The van der Waals surface area contributed by atoms with E-state index in [0.29, 0.717) is 12.1 Å². The van der Waals surface area contributed by atoms with Crippen molar-refractivity contribution in [1.82, 2.24) is 5.32 Å². The zero-order valence-electron chi connectivity index (χ0n) is 11.9. The Bertz CT molecular complexity index is 597. The van der Waals surface area contributed by atoms with Crippen molar-refractivity contribution in [2.45, 2.75) is 32.1 Å². The summed E-state index contributed by atoms with van der Waals surface area (Å²) in [6, 6.07) is 3.26. The van der Waals surface area contributed by atoms with Gasteiger partial charge in [-0.25, -0.2) is 13.6 Å². The van der Waals surface area contributed by atoms with Crippen LogP contribution in [0.25, 0.3) is 0 Å². The topological polar surface area (TPSA) is 98.5 Å². The summed E-state index contributed by atoms with van der Waals surface area (Å²) in [4.78, 5) is 11.3. The quantitative estimate of drug-likeness (QED) is 0.814. The van der Waals surface area contributed by atoms with Gasteiger partial charge in [-0.2, -0.15) is 0 Å². The van der Waals surface area contributed by atoms with E-state index in [2.05, 4.69) is 5.32 Å². The molecular weight excluding hydrogens is 280 g/mol. The van der Waals surface area contributed by atoms with Crippen LogP contribution in [0.4, 0.5) is 0 Å². The molecule has 3 N–H and O–H groups in total. The van der Waals surface area contributed by atoms with Gasteiger partial charge in [0, 0.05) is 6.54 Å². The van der Waals surface area contributed by atoms with E-state index in [4.69, 9.17) is 9.88 Å². The van der Waals surface area contributed by atoms with Gasteiger partial charge in [0.2, 0.25) is 15.9 Å². The predicted octanol–water partition coefficient (Wildman–Crippen LogP) is 0.856. The number of hydrogen-bond donors (Lipinski definition) is 2. The average molecular weight is 300 g/mol. The van der Waals surface area contributed by atoms with Gasteiger partial charge in [-0.15, -0.1) is 0 Å². The Morgan fingerprint density at radius 1 is 1.35 bits per heavy atom. The van der Waals surface area contributed by atoms with Crippen molar-refractivity contribution in [2.24, 2.45) is 5.14 Å². The molecule has 0 unspecified atom stereocenters. The highest BCUT2D eigenvalue weighted by atomic mass is 32.2.